The Labute approximate surface area is 164 Å². The molecule has 1 aliphatic rings. The molecule has 1 aliphatic heterocycles. The van der Waals surface area contributed by atoms with Gasteiger partial charge in [-0.3, -0.25) is 14.5 Å². The van der Waals surface area contributed by atoms with Crippen molar-refractivity contribution in [3.05, 3.63) is 65.5 Å². The van der Waals surface area contributed by atoms with Crippen molar-refractivity contribution >= 4 is 40.1 Å². The minimum absolute atomic E-state index is 0.241. The molecule has 0 saturated carbocycles. The maximum Gasteiger partial charge on any atom is 0.261 e. The number of thioether (sulfide) groups is 1. The molecule has 28 heavy (non-hydrogen) atoms. The number of benzene rings is 2. The Balaban J connectivity index is 1.41. The van der Waals surface area contributed by atoms with Crippen LogP contribution in [0.3, 0.4) is 0 Å². The molecule has 2 aromatic carbocycles. The van der Waals surface area contributed by atoms with Crippen LogP contribution >= 0.6 is 11.8 Å². The maximum atomic E-state index is 12.5. The third kappa shape index (κ3) is 2.56. The van der Waals surface area contributed by atoms with E-state index in [0.717, 1.165) is 16.6 Å². The van der Waals surface area contributed by atoms with Crippen molar-refractivity contribution in [2.24, 2.45) is 0 Å². The third-order valence-corrected chi connectivity index (χ3v) is 5.59. The molecule has 0 aliphatic carbocycles. The lowest BCUT2D eigenvalue weighted by molar-refractivity contribution is 0.0664. The van der Waals surface area contributed by atoms with E-state index < -0.39 is 0 Å². The van der Waals surface area contributed by atoms with Crippen molar-refractivity contribution in [2.45, 2.75) is 12.1 Å². The third-order valence-electron chi connectivity index (χ3n) is 4.68. The minimum Gasteiger partial charge on any atom is -0.273 e. The SMILES string of the molecule is Cc1nc2c3ccccc3nc(SCCN3C(=O)c4ccccc4C3=O)n2n1. The van der Waals surface area contributed by atoms with E-state index in [-0.39, 0.29) is 11.8 Å². The van der Waals surface area contributed by atoms with Gasteiger partial charge in [0.05, 0.1) is 16.6 Å². The van der Waals surface area contributed by atoms with Gasteiger partial charge in [-0.15, -0.1) is 5.10 Å². The van der Waals surface area contributed by atoms with E-state index >= 15 is 0 Å². The normalized spacial score (nSPS) is 13.7. The summed E-state index contributed by atoms with van der Waals surface area (Å²) in [5.74, 6) is 0.703. The van der Waals surface area contributed by atoms with Crippen LogP contribution < -0.4 is 0 Å². The highest BCUT2D eigenvalue weighted by Gasteiger charge is 2.34. The summed E-state index contributed by atoms with van der Waals surface area (Å²) >= 11 is 1.45. The molecule has 4 aromatic rings. The number of para-hydroxylation sites is 1. The molecule has 0 radical (unpaired) electrons. The summed E-state index contributed by atoms with van der Waals surface area (Å²) in [5.41, 5.74) is 2.53. The van der Waals surface area contributed by atoms with Gasteiger partial charge < -0.3 is 0 Å². The largest absolute Gasteiger partial charge is 0.273 e. The highest BCUT2D eigenvalue weighted by Crippen LogP contribution is 2.26. The number of aromatic nitrogens is 4. The van der Waals surface area contributed by atoms with Crippen LogP contribution in [0.25, 0.3) is 16.6 Å². The number of rotatable bonds is 4. The van der Waals surface area contributed by atoms with Crippen LogP contribution in [-0.2, 0) is 0 Å². The number of hydrogen-bond donors (Lipinski definition) is 0. The number of hydrogen-bond acceptors (Lipinski definition) is 6. The van der Waals surface area contributed by atoms with Gasteiger partial charge in [0, 0.05) is 17.7 Å². The molecule has 3 heterocycles. The second-order valence-electron chi connectivity index (χ2n) is 6.46. The first-order valence-corrected chi connectivity index (χ1v) is 9.82. The van der Waals surface area contributed by atoms with Crippen molar-refractivity contribution in [3.8, 4) is 0 Å². The molecule has 0 bridgehead atoms. The topological polar surface area (TPSA) is 80.5 Å². The molecule has 0 N–H and O–H groups in total. The highest BCUT2D eigenvalue weighted by atomic mass is 32.2. The van der Waals surface area contributed by atoms with Crippen molar-refractivity contribution < 1.29 is 9.59 Å². The second-order valence-corrected chi connectivity index (χ2v) is 7.52. The van der Waals surface area contributed by atoms with Crippen LogP contribution in [0.4, 0.5) is 0 Å². The quantitative estimate of drug-likeness (QED) is 0.303. The Morgan fingerprint density at radius 3 is 2.36 bits per heavy atom. The number of aryl methyl sites for hydroxylation is 1. The van der Waals surface area contributed by atoms with E-state index in [0.29, 0.717) is 34.4 Å². The minimum atomic E-state index is -0.241. The van der Waals surface area contributed by atoms with Gasteiger partial charge in [-0.25, -0.2) is 9.97 Å². The molecule has 8 heteroatoms. The van der Waals surface area contributed by atoms with Gasteiger partial charge in [0.15, 0.2) is 10.8 Å². The highest BCUT2D eigenvalue weighted by molar-refractivity contribution is 7.99. The van der Waals surface area contributed by atoms with E-state index in [1.54, 1.807) is 28.8 Å². The standard InChI is InChI=1S/C20H15N5O2S/c1-12-21-17-15-8-4-5-9-16(15)22-20(25(17)23-12)28-11-10-24-18(26)13-6-2-3-7-14(13)19(24)27/h2-9H,10-11H2,1H3. The zero-order valence-electron chi connectivity index (χ0n) is 15.0. The summed E-state index contributed by atoms with van der Waals surface area (Å²) in [4.78, 5) is 35.5. The van der Waals surface area contributed by atoms with E-state index in [9.17, 15) is 9.59 Å². The fourth-order valence-corrected chi connectivity index (χ4v) is 4.27. The monoisotopic (exact) mass is 389 g/mol. The number of nitrogens with zero attached hydrogens (tertiary/aromatic N) is 5. The Morgan fingerprint density at radius 1 is 0.929 bits per heavy atom. The van der Waals surface area contributed by atoms with Gasteiger partial charge >= 0.3 is 0 Å². The zero-order valence-corrected chi connectivity index (χ0v) is 15.8. The number of fused-ring (bicyclic) bond motifs is 4. The van der Waals surface area contributed by atoms with Gasteiger partial charge in [-0.2, -0.15) is 4.52 Å². The number of carbonyl (C=O) groups excluding carboxylic acids is 2. The van der Waals surface area contributed by atoms with Gasteiger partial charge in [0.25, 0.3) is 11.8 Å². The molecule has 0 fully saturated rings. The van der Waals surface area contributed by atoms with Crippen LogP contribution in [-0.4, -0.2) is 48.6 Å². The van der Waals surface area contributed by atoms with E-state index in [2.05, 4.69) is 10.1 Å². The summed E-state index contributed by atoms with van der Waals surface area (Å²) in [5, 5.41) is 6.07. The molecule has 0 atom stereocenters. The molecule has 138 valence electrons. The number of amides is 2. The molecular formula is C20H15N5O2S. The summed E-state index contributed by atoms with van der Waals surface area (Å²) in [7, 11) is 0. The van der Waals surface area contributed by atoms with Crippen molar-refractivity contribution in [1.82, 2.24) is 24.5 Å². The summed E-state index contributed by atoms with van der Waals surface area (Å²) in [6.07, 6.45) is 0. The molecule has 5 rings (SSSR count). The van der Waals surface area contributed by atoms with Crippen molar-refractivity contribution in [1.29, 1.82) is 0 Å². The summed E-state index contributed by atoms with van der Waals surface area (Å²) < 4.78 is 1.73. The van der Waals surface area contributed by atoms with Gasteiger partial charge in [0.2, 0.25) is 0 Å². The Morgan fingerprint density at radius 2 is 1.61 bits per heavy atom. The first kappa shape index (κ1) is 16.9. The molecule has 7 nitrogen and oxygen atoms in total. The molecule has 0 unspecified atom stereocenters. The average Bonchev–Trinajstić information content (AvgIpc) is 3.22. The Hall–Kier alpha value is -3.26. The smallest absolute Gasteiger partial charge is 0.261 e. The zero-order chi connectivity index (χ0) is 19.3. The summed E-state index contributed by atoms with van der Waals surface area (Å²) in [6.45, 7) is 2.15. The van der Waals surface area contributed by atoms with Crippen LogP contribution in [0.5, 0.6) is 0 Å². The van der Waals surface area contributed by atoms with Crippen molar-refractivity contribution in [3.63, 3.8) is 0 Å². The lowest BCUT2D eigenvalue weighted by atomic mass is 10.1. The molecule has 2 amide bonds. The molecule has 2 aromatic heterocycles. The first-order valence-electron chi connectivity index (χ1n) is 8.83. The fourth-order valence-electron chi connectivity index (χ4n) is 3.40. The van der Waals surface area contributed by atoms with E-state index in [1.165, 1.54) is 16.7 Å². The lowest BCUT2D eigenvalue weighted by Crippen LogP contribution is -2.31. The first-order chi connectivity index (χ1) is 13.6. The maximum absolute atomic E-state index is 12.5. The van der Waals surface area contributed by atoms with E-state index in [1.807, 2.05) is 31.2 Å². The van der Waals surface area contributed by atoms with Gasteiger partial charge in [-0.1, -0.05) is 36.0 Å². The number of imide groups is 1. The molecule has 0 spiro atoms. The average molecular weight is 389 g/mol. The van der Waals surface area contributed by atoms with Gasteiger partial charge in [0.1, 0.15) is 5.82 Å². The second kappa shape index (κ2) is 6.42. The van der Waals surface area contributed by atoms with Crippen LogP contribution in [0.2, 0.25) is 0 Å². The Bertz CT molecular complexity index is 1230. The Kier molecular flexibility index (Phi) is 3.87. The molecule has 0 saturated heterocycles. The van der Waals surface area contributed by atoms with Crippen molar-refractivity contribution in [2.75, 3.05) is 12.3 Å². The van der Waals surface area contributed by atoms with Gasteiger partial charge in [-0.05, 0) is 31.2 Å². The fraction of sp³-hybridized carbons (Fsp3) is 0.150. The van der Waals surface area contributed by atoms with Crippen LogP contribution in [0, 0.1) is 6.92 Å². The van der Waals surface area contributed by atoms with Crippen LogP contribution in [0.15, 0.2) is 53.7 Å². The predicted octanol–water partition coefficient (Wildman–Crippen LogP) is 2.97. The lowest BCUT2D eigenvalue weighted by Gasteiger charge is -2.13. The number of carbonyl (C=O) groups is 2. The molecular weight excluding hydrogens is 374 g/mol. The summed E-state index contributed by atoms with van der Waals surface area (Å²) in [6, 6.07) is 14.7. The van der Waals surface area contributed by atoms with Crippen LogP contribution in [0.1, 0.15) is 26.5 Å². The predicted molar refractivity (Wildman–Crippen MR) is 106 cm³/mol. The van der Waals surface area contributed by atoms with E-state index in [4.69, 9.17) is 4.98 Å².